The number of benzene rings is 1. The summed E-state index contributed by atoms with van der Waals surface area (Å²) in [5.74, 6) is 0.840. The second-order valence-electron chi connectivity index (χ2n) is 7.52. The van der Waals surface area contributed by atoms with E-state index in [0.29, 0.717) is 18.8 Å². The number of methoxy groups -OCH3 is 1. The molecule has 2 fully saturated rings. The van der Waals surface area contributed by atoms with Gasteiger partial charge in [0.1, 0.15) is 5.75 Å². The lowest BCUT2D eigenvalue weighted by molar-refractivity contribution is -0.127. The van der Waals surface area contributed by atoms with Crippen LogP contribution in [-0.4, -0.2) is 31.0 Å². The highest BCUT2D eigenvalue weighted by Crippen LogP contribution is 2.41. The molecule has 2 aliphatic rings. The van der Waals surface area contributed by atoms with Gasteiger partial charge in [-0.3, -0.25) is 14.9 Å². The minimum absolute atomic E-state index is 0.00564. The molecule has 0 heterocycles. The van der Waals surface area contributed by atoms with Crippen LogP contribution in [0, 0.1) is 5.92 Å². The van der Waals surface area contributed by atoms with Crippen LogP contribution in [-0.2, 0) is 9.59 Å². The third-order valence-electron chi connectivity index (χ3n) is 5.65. The molecular formula is C20H29N3O3. The minimum atomic E-state index is -0.731. The van der Waals surface area contributed by atoms with E-state index < -0.39 is 5.54 Å². The fourth-order valence-electron chi connectivity index (χ4n) is 3.85. The standard InChI is InChI=1S/C20H29N3O3/c1-26-16-9-7-15(8-10-16)18(14-5-6-14)23-17(24)13-22-20(19(21)25)11-3-2-4-12-20/h7-10,14,18,22H,2-6,11-13H2,1H3,(H2,21,25)(H,23,24). The number of nitrogens with one attached hydrogen (secondary N) is 2. The Balaban J connectivity index is 1.60. The van der Waals surface area contributed by atoms with Crippen LogP contribution in [0.15, 0.2) is 24.3 Å². The first-order valence-corrected chi connectivity index (χ1v) is 9.52. The number of rotatable bonds is 8. The van der Waals surface area contributed by atoms with Crippen molar-refractivity contribution in [3.63, 3.8) is 0 Å². The molecule has 1 atom stereocenters. The molecule has 4 N–H and O–H groups in total. The predicted molar refractivity (Wildman–Crippen MR) is 99.6 cm³/mol. The predicted octanol–water partition coefficient (Wildman–Crippen LogP) is 2.04. The molecule has 2 aliphatic carbocycles. The van der Waals surface area contributed by atoms with E-state index in [1.165, 1.54) is 0 Å². The van der Waals surface area contributed by atoms with Crippen molar-refractivity contribution in [1.82, 2.24) is 10.6 Å². The summed E-state index contributed by atoms with van der Waals surface area (Å²) < 4.78 is 5.20. The van der Waals surface area contributed by atoms with Gasteiger partial charge in [-0.15, -0.1) is 0 Å². The lowest BCUT2D eigenvalue weighted by Gasteiger charge is -2.35. The first-order chi connectivity index (χ1) is 12.5. The average Bonchev–Trinajstić information content (AvgIpc) is 3.50. The van der Waals surface area contributed by atoms with Crippen LogP contribution in [0.2, 0.25) is 0 Å². The molecule has 142 valence electrons. The topological polar surface area (TPSA) is 93.4 Å². The Kier molecular flexibility index (Phi) is 5.81. The van der Waals surface area contributed by atoms with Crippen molar-refractivity contribution in [2.45, 2.75) is 56.5 Å². The van der Waals surface area contributed by atoms with E-state index in [1.54, 1.807) is 7.11 Å². The van der Waals surface area contributed by atoms with E-state index in [-0.39, 0.29) is 24.4 Å². The molecule has 2 amide bonds. The summed E-state index contributed by atoms with van der Waals surface area (Å²) in [5, 5.41) is 6.30. The molecule has 1 unspecified atom stereocenters. The minimum Gasteiger partial charge on any atom is -0.497 e. The first kappa shape index (κ1) is 18.7. The number of hydrogen-bond donors (Lipinski definition) is 3. The van der Waals surface area contributed by atoms with Crippen molar-refractivity contribution >= 4 is 11.8 Å². The number of ether oxygens (including phenoxy) is 1. The molecule has 0 radical (unpaired) electrons. The normalized spacial score (nSPS) is 20.2. The molecular weight excluding hydrogens is 330 g/mol. The Morgan fingerprint density at radius 2 is 1.85 bits per heavy atom. The lowest BCUT2D eigenvalue weighted by atomic mass is 9.81. The third kappa shape index (κ3) is 4.36. The average molecular weight is 359 g/mol. The molecule has 6 nitrogen and oxygen atoms in total. The maximum Gasteiger partial charge on any atom is 0.237 e. The Hall–Kier alpha value is -2.08. The fourth-order valence-corrected chi connectivity index (χ4v) is 3.85. The molecule has 0 aromatic heterocycles. The zero-order chi connectivity index (χ0) is 18.6. The zero-order valence-electron chi connectivity index (χ0n) is 15.4. The van der Waals surface area contributed by atoms with Gasteiger partial charge in [0.15, 0.2) is 0 Å². The first-order valence-electron chi connectivity index (χ1n) is 9.52. The van der Waals surface area contributed by atoms with Crippen LogP contribution in [0.4, 0.5) is 0 Å². The van der Waals surface area contributed by atoms with Crippen LogP contribution in [0.3, 0.4) is 0 Å². The Bertz CT molecular complexity index is 634. The molecule has 0 saturated heterocycles. The number of hydrogen-bond acceptors (Lipinski definition) is 4. The summed E-state index contributed by atoms with van der Waals surface area (Å²) in [6.45, 7) is 0.113. The van der Waals surface area contributed by atoms with Crippen molar-refractivity contribution in [1.29, 1.82) is 0 Å². The Morgan fingerprint density at radius 3 is 2.38 bits per heavy atom. The van der Waals surface area contributed by atoms with Crippen molar-refractivity contribution in [3.8, 4) is 5.75 Å². The summed E-state index contributed by atoms with van der Waals surface area (Å²) >= 11 is 0. The van der Waals surface area contributed by atoms with Gasteiger partial charge < -0.3 is 15.8 Å². The smallest absolute Gasteiger partial charge is 0.237 e. The largest absolute Gasteiger partial charge is 0.497 e. The Morgan fingerprint density at radius 1 is 1.19 bits per heavy atom. The monoisotopic (exact) mass is 359 g/mol. The van der Waals surface area contributed by atoms with Gasteiger partial charge in [0, 0.05) is 0 Å². The van der Waals surface area contributed by atoms with Crippen molar-refractivity contribution in [2.24, 2.45) is 11.7 Å². The number of carbonyl (C=O) groups is 2. The van der Waals surface area contributed by atoms with Crippen molar-refractivity contribution in [3.05, 3.63) is 29.8 Å². The van der Waals surface area contributed by atoms with E-state index in [2.05, 4.69) is 10.6 Å². The SMILES string of the molecule is COc1ccc(C(NC(=O)CNC2(C(N)=O)CCCCC2)C2CC2)cc1. The lowest BCUT2D eigenvalue weighted by Crippen LogP contribution is -2.58. The molecule has 0 spiro atoms. The molecule has 1 aromatic rings. The van der Waals surface area contributed by atoms with Gasteiger partial charge in [-0.05, 0) is 49.3 Å². The van der Waals surface area contributed by atoms with Gasteiger partial charge in [0.2, 0.25) is 11.8 Å². The van der Waals surface area contributed by atoms with Gasteiger partial charge in [-0.2, -0.15) is 0 Å². The molecule has 0 bridgehead atoms. The molecule has 26 heavy (non-hydrogen) atoms. The summed E-state index contributed by atoms with van der Waals surface area (Å²) in [6, 6.07) is 7.84. The van der Waals surface area contributed by atoms with Crippen molar-refractivity contribution in [2.75, 3.05) is 13.7 Å². The van der Waals surface area contributed by atoms with Crippen LogP contribution < -0.4 is 21.1 Å². The number of nitrogens with two attached hydrogens (primary N) is 1. The van der Waals surface area contributed by atoms with E-state index in [1.807, 2.05) is 24.3 Å². The third-order valence-corrected chi connectivity index (χ3v) is 5.65. The molecule has 1 aromatic carbocycles. The van der Waals surface area contributed by atoms with Gasteiger partial charge in [0.05, 0.1) is 25.2 Å². The van der Waals surface area contributed by atoms with Gasteiger partial charge >= 0.3 is 0 Å². The number of amides is 2. The molecule has 3 rings (SSSR count). The molecule has 6 heteroatoms. The second-order valence-corrected chi connectivity index (χ2v) is 7.52. The van der Waals surface area contributed by atoms with E-state index >= 15 is 0 Å². The van der Waals surface area contributed by atoms with Crippen LogP contribution in [0.1, 0.15) is 56.6 Å². The zero-order valence-corrected chi connectivity index (χ0v) is 15.4. The highest BCUT2D eigenvalue weighted by molar-refractivity contribution is 5.86. The number of primary amides is 1. The molecule has 2 saturated carbocycles. The van der Waals surface area contributed by atoms with Crippen LogP contribution in [0.5, 0.6) is 5.75 Å². The maximum absolute atomic E-state index is 12.5. The van der Waals surface area contributed by atoms with Gasteiger partial charge in [0.25, 0.3) is 0 Å². The van der Waals surface area contributed by atoms with Crippen LogP contribution >= 0.6 is 0 Å². The summed E-state index contributed by atoms with van der Waals surface area (Å²) in [6.07, 6.45) is 6.71. The summed E-state index contributed by atoms with van der Waals surface area (Å²) in [7, 11) is 1.64. The molecule has 0 aliphatic heterocycles. The van der Waals surface area contributed by atoms with Crippen molar-refractivity contribution < 1.29 is 14.3 Å². The van der Waals surface area contributed by atoms with Crippen LogP contribution in [0.25, 0.3) is 0 Å². The fraction of sp³-hybridized carbons (Fsp3) is 0.600. The Labute approximate surface area is 154 Å². The highest BCUT2D eigenvalue weighted by Gasteiger charge is 2.38. The maximum atomic E-state index is 12.5. The summed E-state index contributed by atoms with van der Waals surface area (Å²) in [4.78, 5) is 24.5. The highest BCUT2D eigenvalue weighted by atomic mass is 16.5. The van der Waals surface area contributed by atoms with Gasteiger partial charge in [-0.1, -0.05) is 31.4 Å². The van der Waals surface area contributed by atoms with E-state index in [0.717, 1.165) is 43.4 Å². The summed E-state index contributed by atoms with van der Waals surface area (Å²) in [5.41, 5.74) is 5.98. The quantitative estimate of drug-likeness (QED) is 0.662. The van der Waals surface area contributed by atoms with E-state index in [4.69, 9.17) is 10.5 Å². The second kappa shape index (κ2) is 8.08. The van der Waals surface area contributed by atoms with E-state index in [9.17, 15) is 9.59 Å². The number of carbonyl (C=O) groups excluding carboxylic acids is 2. The van der Waals surface area contributed by atoms with Gasteiger partial charge in [-0.25, -0.2) is 0 Å².